The molecule has 1 saturated heterocycles. The molecule has 0 aromatic heterocycles. The van der Waals surface area contributed by atoms with E-state index in [9.17, 15) is 0 Å². The van der Waals surface area contributed by atoms with Crippen LogP contribution in [0.5, 0.6) is 0 Å². The van der Waals surface area contributed by atoms with Crippen LogP contribution in [0.1, 0.15) is 17.2 Å². The lowest BCUT2D eigenvalue weighted by Gasteiger charge is -2.04. The molecule has 0 radical (unpaired) electrons. The van der Waals surface area contributed by atoms with Crippen molar-refractivity contribution in [1.82, 2.24) is 4.90 Å². The molecular formula is C17H15ClN2S. The summed E-state index contributed by atoms with van der Waals surface area (Å²) in [7, 11) is 0. The summed E-state index contributed by atoms with van der Waals surface area (Å²) in [4.78, 5) is 2.43. The molecule has 106 valence electrons. The van der Waals surface area contributed by atoms with Gasteiger partial charge in [0.1, 0.15) is 5.40 Å². The van der Waals surface area contributed by atoms with Crippen molar-refractivity contribution in [2.45, 2.75) is 18.6 Å². The van der Waals surface area contributed by atoms with Gasteiger partial charge in [-0.1, -0.05) is 54.1 Å². The van der Waals surface area contributed by atoms with E-state index >= 15 is 0 Å². The van der Waals surface area contributed by atoms with Crippen LogP contribution in [0.25, 0.3) is 0 Å². The van der Waals surface area contributed by atoms with Gasteiger partial charge in [0.15, 0.2) is 0 Å². The van der Waals surface area contributed by atoms with Crippen LogP contribution in [0, 0.1) is 10.7 Å². The highest BCUT2D eigenvalue weighted by atomic mass is 35.5. The van der Waals surface area contributed by atoms with E-state index in [1.165, 1.54) is 22.9 Å². The maximum atomic E-state index is 8.79. The maximum Gasteiger partial charge on any atom is 0.133 e. The summed E-state index contributed by atoms with van der Waals surface area (Å²) in [5.74, 6) is 0.844. The molecule has 2 aromatic rings. The number of benzene rings is 2. The van der Waals surface area contributed by atoms with Crippen LogP contribution >= 0.6 is 23.4 Å². The highest BCUT2D eigenvalue weighted by molar-refractivity contribution is 8.03. The van der Waals surface area contributed by atoms with Crippen LogP contribution < -0.4 is 0 Å². The predicted octanol–water partition coefficient (Wildman–Crippen LogP) is 4.48. The first-order valence-electron chi connectivity index (χ1n) is 6.85. The molecular weight excluding hydrogens is 300 g/mol. The second-order valence-electron chi connectivity index (χ2n) is 5.12. The lowest BCUT2D eigenvalue weighted by molar-refractivity contribution is 0.485. The lowest BCUT2D eigenvalue weighted by Crippen LogP contribution is -2.03. The largest absolute Gasteiger partial charge is 0.285 e. The average molecular weight is 315 g/mol. The molecule has 0 spiro atoms. The van der Waals surface area contributed by atoms with Gasteiger partial charge in [0, 0.05) is 23.4 Å². The molecule has 0 bridgehead atoms. The second kappa shape index (κ2) is 6.53. The summed E-state index contributed by atoms with van der Waals surface area (Å²) < 4.78 is 0. The summed E-state index contributed by atoms with van der Waals surface area (Å²) in [5, 5.41) is 11.7. The molecule has 0 saturated carbocycles. The van der Waals surface area contributed by atoms with Crippen LogP contribution in [-0.2, 0) is 6.54 Å². The summed E-state index contributed by atoms with van der Waals surface area (Å²) in [6, 6.07) is 19.3. The second-order valence-corrected chi connectivity index (χ2v) is 6.36. The first-order chi connectivity index (χ1) is 10.3. The topological polar surface area (TPSA) is 26.8 Å². The van der Waals surface area contributed by atoms with Crippen molar-refractivity contribution in [3.63, 3.8) is 0 Å². The Bertz CT molecular complexity index is 636. The summed E-state index contributed by atoms with van der Waals surface area (Å²) >= 11 is 7.29. The number of hydrogen-bond acceptors (Lipinski definition) is 3. The van der Waals surface area contributed by atoms with Crippen molar-refractivity contribution in [3.05, 3.63) is 70.7 Å². The minimum absolute atomic E-state index is 0.392. The molecule has 21 heavy (non-hydrogen) atoms. The highest BCUT2D eigenvalue weighted by Gasteiger charge is 2.47. The maximum absolute atomic E-state index is 8.79. The molecule has 1 aliphatic heterocycles. The Kier molecular flexibility index (Phi) is 4.50. The SMILES string of the molecule is N#CSC[C@@H]1[C@@H](c2ccc(Cl)cc2)N1Cc1ccccc1. The highest BCUT2D eigenvalue weighted by Crippen LogP contribution is 2.45. The lowest BCUT2D eigenvalue weighted by atomic mass is 10.1. The van der Waals surface area contributed by atoms with Gasteiger partial charge < -0.3 is 0 Å². The molecule has 1 heterocycles. The third kappa shape index (κ3) is 3.41. The molecule has 1 unspecified atom stereocenters. The zero-order chi connectivity index (χ0) is 14.7. The Balaban J connectivity index is 1.74. The number of nitrogens with zero attached hydrogens (tertiary/aromatic N) is 2. The molecule has 3 rings (SSSR count). The fraction of sp³-hybridized carbons (Fsp3) is 0.235. The number of thiocyanates is 1. The smallest absolute Gasteiger partial charge is 0.133 e. The van der Waals surface area contributed by atoms with Gasteiger partial charge in [-0.25, -0.2) is 0 Å². The Hall–Kier alpha value is -1.47. The van der Waals surface area contributed by atoms with Crippen LogP contribution in [0.3, 0.4) is 0 Å². The molecule has 4 heteroatoms. The van der Waals surface area contributed by atoms with Gasteiger partial charge in [0.25, 0.3) is 0 Å². The van der Waals surface area contributed by atoms with E-state index < -0.39 is 0 Å². The summed E-state index contributed by atoms with van der Waals surface area (Å²) in [6.07, 6.45) is 0. The molecule has 0 N–H and O–H groups in total. The number of hydrogen-bond donors (Lipinski definition) is 0. The Morgan fingerprint density at radius 3 is 2.48 bits per heavy atom. The van der Waals surface area contributed by atoms with E-state index in [-0.39, 0.29) is 0 Å². The minimum atomic E-state index is 0.392. The minimum Gasteiger partial charge on any atom is -0.285 e. The first-order valence-corrected chi connectivity index (χ1v) is 8.22. The van der Waals surface area contributed by atoms with Crippen LogP contribution in [0.4, 0.5) is 0 Å². The third-order valence-electron chi connectivity index (χ3n) is 3.80. The van der Waals surface area contributed by atoms with Crippen molar-refractivity contribution >= 4 is 23.4 Å². The van der Waals surface area contributed by atoms with Crippen molar-refractivity contribution < 1.29 is 0 Å². The number of rotatable bonds is 5. The van der Waals surface area contributed by atoms with Crippen molar-refractivity contribution in [1.29, 1.82) is 5.26 Å². The van der Waals surface area contributed by atoms with Crippen molar-refractivity contribution in [3.8, 4) is 5.40 Å². The van der Waals surface area contributed by atoms with Crippen LogP contribution in [0.2, 0.25) is 5.02 Å². The quantitative estimate of drug-likeness (QED) is 0.601. The number of nitriles is 1. The molecule has 3 atom stereocenters. The standard InChI is InChI=1S/C17H15ClN2S/c18-15-8-6-14(7-9-15)17-16(11-21-12-19)20(17)10-13-4-2-1-3-5-13/h1-9,16-17H,10-11H2/t16-,17-,20?/m1/s1. The van der Waals surface area contributed by atoms with Gasteiger partial charge in [0.2, 0.25) is 0 Å². The molecule has 1 fully saturated rings. The van der Waals surface area contributed by atoms with Gasteiger partial charge in [-0.2, -0.15) is 5.26 Å². The van der Waals surface area contributed by atoms with E-state index in [1.54, 1.807) is 0 Å². The zero-order valence-electron chi connectivity index (χ0n) is 11.4. The average Bonchev–Trinajstić information content (AvgIpc) is 3.19. The molecule has 0 aliphatic carbocycles. The Morgan fingerprint density at radius 1 is 1.10 bits per heavy atom. The zero-order valence-corrected chi connectivity index (χ0v) is 13.0. The Morgan fingerprint density at radius 2 is 1.81 bits per heavy atom. The fourth-order valence-corrected chi connectivity index (χ4v) is 3.47. The predicted molar refractivity (Wildman–Crippen MR) is 88.0 cm³/mol. The van der Waals surface area contributed by atoms with Gasteiger partial charge in [-0.05, 0) is 35.0 Å². The molecule has 0 amide bonds. The van der Waals surface area contributed by atoms with Gasteiger partial charge in [-0.15, -0.1) is 0 Å². The summed E-state index contributed by atoms with van der Waals surface area (Å²) in [6.45, 7) is 0.921. The third-order valence-corrected chi connectivity index (χ3v) is 4.69. The number of thioether (sulfide) groups is 1. The van der Waals surface area contributed by atoms with Crippen LogP contribution in [-0.4, -0.2) is 16.7 Å². The first kappa shape index (κ1) is 14.5. The van der Waals surface area contributed by atoms with Gasteiger partial charge in [-0.3, -0.25) is 4.90 Å². The van der Waals surface area contributed by atoms with E-state index in [4.69, 9.17) is 16.9 Å². The van der Waals surface area contributed by atoms with Crippen LogP contribution in [0.15, 0.2) is 54.6 Å². The fourth-order valence-electron chi connectivity index (χ4n) is 2.72. The van der Waals surface area contributed by atoms with Gasteiger partial charge in [0.05, 0.1) is 6.04 Å². The normalized spacial score (nSPS) is 23.5. The van der Waals surface area contributed by atoms with E-state index in [0.29, 0.717) is 12.1 Å². The van der Waals surface area contributed by atoms with Crippen molar-refractivity contribution in [2.75, 3.05) is 5.75 Å². The van der Waals surface area contributed by atoms with Crippen molar-refractivity contribution in [2.24, 2.45) is 0 Å². The van der Waals surface area contributed by atoms with E-state index in [0.717, 1.165) is 17.3 Å². The van der Waals surface area contributed by atoms with E-state index in [2.05, 4.69) is 46.7 Å². The Labute approximate surface area is 134 Å². The van der Waals surface area contributed by atoms with Gasteiger partial charge >= 0.3 is 0 Å². The van der Waals surface area contributed by atoms with E-state index in [1.807, 2.05) is 18.2 Å². The summed E-state index contributed by atoms with van der Waals surface area (Å²) in [5.41, 5.74) is 2.58. The molecule has 2 nitrogen and oxygen atoms in total. The number of halogens is 1. The molecule has 2 aromatic carbocycles. The monoisotopic (exact) mass is 314 g/mol. The molecule has 1 aliphatic rings.